The average molecular weight is 295 g/mol. The van der Waals surface area contributed by atoms with Crippen LogP contribution in [-0.2, 0) is 9.47 Å². The van der Waals surface area contributed by atoms with Gasteiger partial charge in [0.15, 0.2) is 0 Å². The van der Waals surface area contributed by atoms with Gasteiger partial charge in [-0.05, 0) is 18.9 Å². The van der Waals surface area contributed by atoms with Crippen molar-refractivity contribution in [2.45, 2.75) is 45.3 Å². The molecule has 0 saturated carbocycles. The Bertz CT molecular complexity index is 483. The molecule has 2 aliphatic rings. The number of hydrogen-bond acceptors (Lipinski definition) is 6. The van der Waals surface area contributed by atoms with Gasteiger partial charge in [0.25, 0.3) is 0 Å². The number of hydrogen-bond donors (Lipinski definition) is 0. The Morgan fingerprint density at radius 2 is 1.86 bits per heavy atom. The SMILES string of the molecule is CN1CCO[C@H](c2nnc([C@H]3CCO[C@@H]3C(C)(C)C)o2)C1. The summed E-state index contributed by atoms with van der Waals surface area (Å²) in [6.45, 7) is 9.76. The van der Waals surface area contributed by atoms with Gasteiger partial charge in [-0.1, -0.05) is 20.8 Å². The highest BCUT2D eigenvalue weighted by Crippen LogP contribution is 2.40. The van der Waals surface area contributed by atoms with Crippen molar-refractivity contribution in [1.29, 1.82) is 0 Å². The van der Waals surface area contributed by atoms with E-state index in [9.17, 15) is 0 Å². The van der Waals surface area contributed by atoms with E-state index in [1.165, 1.54) is 0 Å². The lowest BCUT2D eigenvalue weighted by atomic mass is 9.81. The fourth-order valence-electron chi connectivity index (χ4n) is 3.15. The van der Waals surface area contributed by atoms with E-state index >= 15 is 0 Å². The molecule has 0 spiro atoms. The highest BCUT2D eigenvalue weighted by molar-refractivity contribution is 5.03. The predicted octanol–water partition coefficient (Wildman–Crippen LogP) is 1.99. The van der Waals surface area contributed by atoms with E-state index in [1.807, 2.05) is 0 Å². The van der Waals surface area contributed by atoms with Gasteiger partial charge in [-0.25, -0.2) is 0 Å². The second kappa shape index (κ2) is 5.66. The minimum absolute atomic E-state index is 0.0668. The summed E-state index contributed by atoms with van der Waals surface area (Å²) in [6.07, 6.45) is 0.954. The smallest absolute Gasteiger partial charge is 0.246 e. The minimum atomic E-state index is -0.111. The molecule has 0 unspecified atom stereocenters. The molecular weight excluding hydrogens is 270 g/mol. The van der Waals surface area contributed by atoms with Crippen molar-refractivity contribution in [2.75, 3.05) is 33.4 Å². The van der Waals surface area contributed by atoms with E-state index in [2.05, 4.69) is 42.9 Å². The highest BCUT2D eigenvalue weighted by atomic mass is 16.5. The third-order valence-electron chi connectivity index (χ3n) is 4.26. The maximum absolute atomic E-state index is 5.93. The number of aromatic nitrogens is 2. The molecule has 1 aromatic rings. The van der Waals surface area contributed by atoms with Crippen molar-refractivity contribution >= 4 is 0 Å². The zero-order chi connectivity index (χ0) is 15.0. The van der Waals surface area contributed by atoms with Gasteiger partial charge in [-0.15, -0.1) is 10.2 Å². The molecule has 0 aromatic carbocycles. The Labute approximate surface area is 125 Å². The third kappa shape index (κ3) is 3.12. The molecule has 3 rings (SSSR count). The van der Waals surface area contributed by atoms with Gasteiger partial charge in [0.1, 0.15) is 6.10 Å². The Hall–Kier alpha value is -0.980. The summed E-state index contributed by atoms with van der Waals surface area (Å²) in [6, 6.07) is 0. The van der Waals surface area contributed by atoms with Gasteiger partial charge in [0.05, 0.1) is 18.6 Å². The number of likely N-dealkylation sites (N-methyl/N-ethyl adjacent to an activating group) is 1. The highest BCUT2D eigenvalue weighted by Gasteiger charge is 2.41. The van der Waals surface area contributed by atoms with Crippen LogP contribution >= 0.6 is 0 Å². The van der Waals surface area contributed by atoms with E-state index in [-0.39, 0.29) is 23.5 Å². The van der Waals surface area contributed by atoms with Gasteiger partial charge in [0.2, 0.25) is 11.8 Å². The Kier molecular flexibility index (Phi) is 4.03. The number of nitrogens with zero attached hydrogens (tertiary/aromatic N) is 3. The Morgan fingerprint density at radius 3 is 2.57 bits per heavy atom. The summed E-state index contributed by atoms with van der Waals surface area (Å²) >= 11 is 0. The van der Waals surface area contributed by atoms with E-state index in [4.69, 9.17) is 13.9 Å². The van der Waals surface area contributed by atoms with Gasteiger partial charge in [0, 0.05) is 19.7 Å². The molecule has 3 heterocycles. The van der Waals surface area contributed by atoms with Crippen LogP contribution in [0.2, 0.25) is 0 Å². The lowest BCUT2D eigenvalue weighted by Gasteiger charge is -2.29. The van der Waals surface area contributed by atoms with E-state index < -0.39 is 0 Å². The quantitative estimate of drug-likeness (QED) is 0.831. The zero-order valence-corrected chi connectivity index (χ0v) is 13.3. The molecule has 2 fully saturated rings. The van der Waals surface area contributed by atoms with Crippen LogP contribution < -0.4 is 0 Å². The number of ether oxygens (including phenoxy) is 2. The van der Waals surface area contributed by atoms with Crippen LogP contribution in [0.4, 0.5) is 0 Å². The van der Waals surface area contributed by atoms with Crippen LogP contribution in [-0.4, -0.2) is 54.6 Å². The van der Waals surface area contributed by atoms with Crippen LogP contribution in [0, 0.1) is 5.41 Å². The fourth-order valence-corrected chi connectivity index (χ4v) is 3.15. The van der Waals surface area contributed by atoms with Crippen molar-refractivity contribution in [3.05, 3.63) is 11.8 Å². The van der Waals surface area contributed by atoms with Crippen molar-refractivity contribution in [3.63, 3.8) is 0 Å². The van der Waals surface area contributed by atoms with Crippen molar-refractivity contribution in [1.82, 2.24) is 15.1 Å². The van der Waals surface area contributed by atoms with Crippen LogP contribution in [0.3, 0.4) is 0 Å². The summed E-state index contributed by atoms with van der Waals surface area (Å²) in [5.74, 6) is 1.47. The standard InChI is InChI=1S/C15H25N3O3/c1-15(2,3)12-10(5-7-20-12)13-16-17-14(21-13)11-9-18(4)6-8-19-11/h10-12H,5-9H2,1-4H3/t10-,11-,12-/m0/s1. The van der Waals surface area contributed by atoms with Gasteiger partial charge in [-0.3, -0.25) is 0 Å². The van der Waals surface area contributed by atoms with E-state index in [0.29, 0.717) is 18.4 Å². The van der Waals surface area contributed by atoms with Crippen molar-refractivity contribution in [3.8, 4) is 0 Å². The molecule has 1 aromatic heterocycles. The van der Waals surface area contributed by atoms with Gasteiger partial charge >= 0.3 is 0 Å². The van der Waals surface area contributed by atoms with Crippen molar-refractivity contribution in [2.24, 2.45) is 5.41 Å². The Morgan fingerprint density at radius 1 is 1.10 bits per heavy atom. The molecule has 0 bridgehead atoms. The first-order chi connectivity index (χ1) is 9.95. The largest absolute Gasteiger partial charge is 0.422 e. The summed E-state index contributed by atoms with van der Waals surface area (Å²) < 4.78 is 17.6. The molecule has 0 amide bonds. The first-order valence-corrected chi connectivity index (χ1v) is 7.70. The molecular formula is C15H25N3O3. The second-order valence-corrected chi connectivity index (χ2v) is 7.15. The topological polar surface area (TPSA) is 60.6 Å². The van der Waals surface area contributed by atoms with Gasteiger partial charge < -0.3 is 18.8 Å². The Balaban J connectivity index is 1.75. The van der Waals surface area contributed by atoms with E-state index in [1.54, 1.807) is 0 Å². The van der Waals surface area contributed by atoms with Crippen molar-refractivity contribution < 1.29 is 13.9 Å². The molecule has 6 heteroatoms. The minimum Gasteiger partial charge on any atom is -0.422 e. The zero-order valence-electron chi connectivity index (χ0n) is 13.3. The maximum atomic E-state index is 5.93. The molecule has 2 saturated heterocycles. The molecule has 2 aliphatic heterocycles. The predicted molar refractivity (Wildman–Crippen MR) is 77.0 cm³/mol. The summed E-state index contributed by atoms with van der Waals surface area (Å²) in [4.78, 5) is 2.22. The van der Waals surface area contributed by atoms with Crippen LogP contribution in [0.1, 0.15) is 51.0 Å². The first-order valence-electron chi connectivity index (χ1n) is 7.70. The fraction of sp³-hybridized carbons (Fsp3) is 0.867. The normalized spacial score (nSPS) is 31.7. The number of morpholine rings is 1. The molecule has 0 N–H and O–H groups in total. The first kappa shape index (κ1) is 14.9. The number of rotatable bonds is 2. The lowest BCUT2D eigenvalue weighted by Crippen LogP contribution is -2.35. The molecule has 6 nitrogen and oxygen atoms in total. The summed E-state index contributed by atoms with van der Waals surface area (Å²) in [5, 5.41) is 8.48. The van der Waals surface area contributed by atoms with Crippen LogP contribution in [0.15, 0.2) is 4.42 Å². The lowest BCUT2D eigenvalue weighted by molar-refractivity contribution is -0.0355. The molecule has 21 heavy (non-hydrogen) atoms. The molecule has 118 valence electrons. The molecule has 0 aliphatic carbocycles. The van der Waals surface area contributed by atoms with Crippen LogP contribution in [0.5, 0.6) is 0 Å². The van der Waals surface area contributed by atoms with Crippen LogP contribution in [0.25, 0.3) is 0 Å². The third-order valence-corrected chi connectivity index (χ3v) is 4.26. The second-order valence-electron chi connectivity index (χ2n) is 7.15. The molecule has 3 atom stereocenters. The summed E-state index contributed by atoms with van der Waals surface area (Å²) in [5.41, 5.74) is 0.0668. The summed E-state index contributed by atoms with van der Waals surface area (Å²) in [7, 11) is 2.08. The monoisotopic (exact) mass is 295 g/mol. The van der Waals surface area contributed by atoms with Gasteiger partial charge in [-0.2, -0.15) is 0 Å². The van der Waals surface area contributed by atoms with E-state index in [0.717, 1.165) is 26.1 Å². The maximum Gasteiger partial charge on any atom is 0.246 e. The molecule has 0 radical (unpaired) electrons. The average Bonchev–Trinajstić information content (AvgIpc) is 3.07.